The molecule has 5 heteroatoms. The predicted octanol–water partition coefficient (Wildman–Crippen LogP) is 21.1. The molecule has 2 aliphatic rings. The maximum Gasteiger partial charge on any atom is 0.252 e. The van der Waals surface area contributed by atoms with Crippen molar-refractivity contribution in [1.82, 2.24) is 9.13 Å². The Kier molecular flexibility index (Phi) is 12.5. The molecule has 17 rings (SSSR count). The van der Waals surface area contributed by atoms with Gasteiger partial charge in [-0.1, -0.05) is 152 Å². The number of nitrogens with zero attached hydrogens (tertiary/aromatic N) is 4. The highest BCUT2D eigenvalue weighted by molar-refractivity contribution is 7.00. The molecular formula is C86H67BN4. The summed E-state index contributed by atoms with van der Waals surface area (Å²) in [6.07, 6.45) is 0. The van der Waals surface area contributed by atoms with E-state index in [1.54, 1.807) is 0 Å². The van der Waals surface area contributed by atoms with Gasteiger partial charge in [0.1, 0.15) is 0 Å². The molecule has 2 aromatic heterocycles. The Labute approximate surface area is 533 Å². The van der Waals surface area contributed by atoms with Crippen molar-refractivity contribution in [1.29, 1.82) is 0 Å². The van der Waals surface area contributed by atoms with E-state index < -0.39 is 0 Å². The number of anilines is 6. The standard InChI is InChI=1S/C86H67BN4/c1-52-20-15-21-53(2)82(52)60-34-42-74-68(46-60)69-47-61(83-54(3)22-16-23-55(83)4)35-43-75(69)90(74)66-38-40-72-80(50-66)88(64-28-11-9-12-29-64)78-32-19-33-79-86(78)87(72)73-41-39-67(51-81(73)89(79)65-30-13-10-14-31-65)91-76-44-36-62(84-56(5)24-17-25-57(84)6)48-70(76)71-49-63(37-45-77(71)91)85-58(7)26-18-27-59(85)8/h9-51H,1-8H3. The average Bonchev–Trinajstić information content (AvgIpc) is 1.13. The Hall–Kier alpha value is -10.9. The molecule has 0 fully saturated rings. The summed E-state index contributed by atoms with van der Waals surface area (Å²) in [7, 11) is 0. The van der Waals surface area contributed by atoms with Crippen LogP contribution in [0.3, 0.4) is 0 Å². The molecular weight excluding hydrogens is 1100 g/mol. The third-order valence-corrected chi connectivity index (χ3v) is 20.1. The summed E-state index contributed by atoms with van der Waals surface area (Å²) in [6.45, 7) is 17.8. The maximum absolute atomic E-state index is 2.53. The summed E-state index contributed by atoms with van der Waals surface area (Å²) < 4.78 is 5.03. The van der Waals surface area contributed by atoms with Gasteiger partial charge in [-0.25, -0.2) is 0 Å². The molecule has 4 heterocycles. The van der Waals surface area contributed by atoms with Gasteiger partial charge in [0.05, 0.1) is 22.1 Å². The van der Waals surface area contributed by atoms with E-state index in [0.29, 0.717) is 0 Å². The summed E-state index contributed by atoms with van der Waals surface area (Å²) in [5.74, 6) is 0. The van der Waals surface area contributed by atoms with Crippen LogP contribution in [-0.2, 0) is 0 Å². The van der Waals surface area contributed by atoms with Crippen LogP contribution in [0.1, 0.15) is 44.5 Å². The van der Waals surface area contributed by atoms with E-state index in [9.17, 15) is 0 Å². The zero-order chi connectivity index (χ0) is 61.5. The molecule has 0 saturated heterocycles. The molecule has 13 aromatic carbocycles. The Morgan fingerprint density at radius 2 is 0.516 bits per heavy atom. The van der Waals surface area contributed by atoms with Gasteiger partial charge in [0, 0.05) is 67.0 Å². The van der Waals surface area contributed by atoms with Gasteiger partial charge in [-0.2, -0.15) is 0 Å². The van der Waals surface area contributed by atoms with Gasteiger partial charge in [0.15, 0.2) is 0 Å². The van der Waals surface area contributed by atoms with E-state index in [1.807, 2.05) is 0 Å². The van der Waals surface area contributed by atoms with E-state index in [2.05, 4.69) is 335 Å². The third kappa shape index (κ3) is 8.37. The van der Waals surface area contributed by atoms with Crippen molar-refractivity contribution in [2.45, 2.75) is 55.4 Å². The number of para-hydroxylation sites is 2. The summed E-state index contributed by atoms with van der Waals surface area (Å²) in [5, 5.41) is 4.95. The molecule has 0 amide bonds. The fraction of sp³-hybridized carbons (Fsp3) is 0.0930. The Morgan fingerprint density at radius 1 is 0.231 bits per heavy atom. The van der Waals surface area contributed by atoms with E-state index in [1.165, 1.54) is 160 Å². The predicted molar refractivity (Wildman–Crippen MR) is 389 cm³/mol. The van der Waals surface area contributed by atoms with Crippen LogP contribution in [0.25, 0.3) is 99.5 Å². The minimum absolute atomic E-state index is 0.0878. The first-order chi connectivity index (χ1) is 44.5. The first-order valence-corrected chi connectivity index (χ1v) is 32.0. The quantitative estimate of drug-likeness (QED) is 0.141. The minimum atomic E-state index is -0.0878. The lowest BCUT2D eigenvalue weighted by Gasteiger charge is -2.44. The number of benzene rings is 13. The monoisotopic (exact) mass is 1170 g/mol. The van der Waals surface area contributed by atoms with E-state index in [-0.39, 0.29) is 6.71 Å². The van der Waals surface area contributed by atoms with Gasteiger partial charge in [-0.15, -0.1) is 0 Å². The van der Waals surface area contributed by atoms with Gasteiger partial charge in [-0.3, -0.25) is 0 Å². The van der Waals surface area contributed by atoms with Crippen LogP contribution in [0.15, 0.2) is 261 Å². The fourth-order valence-corrected chi connectivity index (χ4v) is 16.2. The third-order valence-electron chi connectivity index (χ3n) is 20.1. The van der Waals surface area contributed by atoms with Crippen LogP contribution in [0.2, 0.25) is 0 Å². The molecule has 0 radical (unpaired) electrons. The van der Waals surface area contributed by atoms with Gasteiger partial charge < -0.3 is 18.9 Å². The van der Waals surface area contributed by atoms with Gasteiger partial charge >= 0.3 is 0 Å². The highest BCUT2D eigenvalue weighted by Crippen LogP contribution is 2.48. The molecule has 0 bridgehead atoms. The van der Waals surface area contributed by atoms with Crippen molar-refractivity contribution in [2.24, 2.45) is 0 Å². The fourth-order valence-electron chi connectivity index (χ4n) is 16.2. The Morgan fingerprint density at radius 3 is 0.813 bits per heavy atom. The normalized spacial score (nSPS) is 12.5. The molecule has 0 aliphatic carbocycles. The van der Waals surface area contributed by atoms with Crippen molar-refractivity contribution in [3.8, 4) is 55.9 Å². The Bertz CT molecular complexity index is 4890. The van der Waals surface area contributed by atoms with Crippen LogP contribution in [-0.4, -0.2) is 15.8 Å². The largest absolute Gasteiger partial charge is 0.311 e. The molecule has 0 spiro atoms. The molecule has 0 N–H and O–H groups in total. The second kappa shape index (κ2) is 20.9. The summed E-state index contributed by atoms with van der Waals surface area (Å²) >= 11 is 0. The average molecular weight is 1170 g/mol. The zero-order valence-corrected chi connectivity index (χ0v) is 52.7. The van der Waals surface area contributed by atoms with Gasteiger partial charge in [-0.05, 0) is 270 Å². The van der Waals surface area contributed by atoms with Gasteiger partial charge in [0.25, 0.3) is 6.71 Å². The highest BCUT2D eigenvalue weighted by Gasteiger charge is 2.43. The van der Waals surface area contributed by atoms with E-state index >= 15 is 0 Å². The first kappa shape index (κ1) is 54.3. The van der Waals surface area contributed by atoms with Crippen LogP contribution in [0, 0.1) is 55.4 Å². The molecule has 434 valence electrons. The lowest BCUT2D eigenvalue weighted by atomic mass is 9.33. The van der Waals surface area contributed by atoms with Crippen LogP contribution < -0.4 is 26.2 Å². The molecule has 0 saturated carbocycles. The lowest BCUT2D eigenvalue weighted by Crippen LogP contribution is -2.61. The lowest BCUT2D eigenvalue weighted by molar-refractivity contribution is 1.17. The van der Waals surface area contributed by atoms with Crippen molar-refractivity contribution >= 4 is 101 Å². The first-order valence-electron chi connectivity index (χ1n) is 32.0. The second-order valence-corrected chi connectivity index (χ2v) is 25.6. The smallest absolute Gasteiger partial charge is 0.252 e. The van der Waals surface area contributed by atoms with Crippen molar-refractivity contribution < 1.29 is 0 Å². The van der Waals surface area contributed by atoms with Crippen molar-refractivity contribution in [3.63, 3.8) is 0 Å². The van der Waals surface area contributed by atoms with E-state index in [0.717, 1.165) is 34.1 Å². The topological polar surface area (TPSA) is 16.3 Å². The molecule has 91 heavy (non-hydrogen) atoms. The highest BCUT2D eigenvalue weighted by atomic mass is 15.2. The summed E-state index contributed by atoms with van der Waals surface area (Å²) in [4.78, 5) is 5.06. The van der Waals surface area contributed by atoms with Crippen LogP contribution in [0.5, 0.6) is 0 Å². The van der Waals surface area contributed by atoms with Crippen LogP contribution in [0.4, 0.5) is 34.1 Å². The van der Waals surface area contributed by atoms with Crippen molar-refractivity contribution in [2.75, 3.05) is 9.80 Å². The minimum Gasteiger partial charge on any atom is -0.311 e. The molecule has 2 aliphatic heterocycles. The number of fused-ring (bicyclic) bond motifs is 10. The summed E-state index contributed by atoms with van der Waals surface area (Å²) in [5.41, 5.74) is 38.0. The molecule has 4 nitrogen and oxygen atoms in total. The molecule has 0 atom stereocenters. The number of aryl methyl sites for hydroxylation is 8. The number of hydrogen-bond donors (Lipinski definition) is 0. The Balaban J connectivity index is 0.895. The number of aromatic nitrogens is 2. The van der Waals surface area contributed by atoms with E-state index in [4.69, 9.17) is 0 Å². The second-order valence-electron chi connectivity index (χ2n) is 25.6. The SMILES string of the molecule is Cc1cccc(C)c1-c1ccc2c(c1)c1cc(-c3c(C)cccc3C)ccc1n2-c1ccc2c(c1)N(c1ccccc1)c1cccc3c1B2c1ccc(-n2c4ccc(-c5c(C)cccc5C)cc4c4cc(-c5c(C)cccc5C)ccc42)cc1N3c1ccccc1. The number of hydrogen-bond acceptors (Lipinski definition) is 2. The van der Waals surface area contributed by atoms with Crippen molar-refractivity contribution in [3.05, 3.63) is 305 Å². The van der Waals surface area contributed by atoms with Gasteiger partial charge in [0.2, 0.25) is 0 Å². The van der Waals surface area contributed by atoms with Crippen LogP contribution >= 0.6 is 0 Å². The molecule has 15 aromatic rings. The number of rotatable bonds is 8. The maximum atomic E-state index is 2.53. The summed E-state index contributed by atoms with van der Waals surface area (Å²) in [6, 6.07) is 98.8. The molecule has 0 unspecified atom stereocenters. The zero-order valence-electron chi connectivity index (χ0n) is 52.7.